The molecular weight excluding hydrogens is 236 g/mol. The van der Waals surface area contributed by atoms with Gasteiger partial charge in [0.25, 0.3) is 0 Å². The van der Waals surface area contributed by atoms with E-state index in [0.717, 1.165) is 12.1 Å². The van der Waals surface area contributed by atoms with Gasteiger partial charge in [-0.15, -0.1) is 6.42 Å². The number of nitrogens with one attached hydrogen (secondary N) is 1. The van der Waals surface area contributed by atoms with E-state index in [1.54, 1.807) is 11.0 Å². The third kappa shape index (κ3) is 3.21. The van der Waals surface area contributed by atoms with Gasteiger partial charge in [0.05, 0.1) is 11.7 Å². The smallest absolute Gasteiger partial charge is 0.138 e. The average Bonchev–Trinajstić information content (AvgIpc) is 2.99. The summed E-state index contributed by atoms with van der Waals surface area (Å²) in [5.41, 5.74) is 2.20. The number of nitrogens with zero attached hydrogens (tertiary/aromatic N) is 3. The molecule has 0 spiro atoms. The molecule has 0 aliphatic heterocycles. The molecule has 1 aromatic carbocycles. The van der Waals surface area contributed by atoms with Gasteiger partial charge in [-0.3, -0.25) is 5.32 Å². The van der Waals surface area contributed by atoms with Crippen molar-refractivity contribution in [3.63, 3.8) is 0 Å². The van der Waals surface area contributed by atoms with Crippen LogP contribution in [0.2, 0.25) is 0 Å². The van der Waals surface area contributed by atoms with Crippen LogP contribution >= 0.6 is 0 Å². The Labute approximate surface area is 113 Å². The van der Waals surface area contributed by atoms with Crippen molar-refractivity contribution in [1.82, 2.24) is 20.1 Å². The maximum absolute atomic E-state index is 5.47. The van der Waals surface area contributed by atoms with Crippen LogP contribution in [-0.2, 0) is 0 Å². The van der Waals surface area contributed by atoms with E-state index in [1.807, 2.05) is 12.1 Å². The largest absolute Gasteiger partial charge is 0.297 e. The highest BCUT2D eigenvalue weighted by Crippen LogP contribution is 2.16. The maximum atomic E-state index is 5.47. The van der Waals surface area contributed by atoms with E-state index in [-0.39, 0.29) is 12.1 Å². The third-order valence-corrected chi connectivity index (χ3v) is 3.14. The van der Waals surface area contributed by atoms with Crippen molar-refractivity contribution in [2.45, 2.75) is 32.4 Å². The standard InChI is InChI=1S/C15H18N4/c1-4-14(5-2)18-12(3)13-6-8-15(9-7-13)19-11-16-10-17-19/h1,6-12,14,18H,5H2,2-3H3. The van der Waals surface area contributed by atoms with Gasteiger partial charge < -0.3 is 0 Å². The highest BCUT2D eigenvalue weighted by atomic mass is 15.3. The lowest BCUT2D eigenvalue weighted by molar-refractivity contribution is 0.512. The van der Waals surface area contributed by atoms with Crippen LogP contribution in [0.1, 0.15) is 31.9 Å². The fraction of sp³-hybridized carbons (Fsp3) is 0.333. The molecule has 98 valence electrons. The lowest BCUT2D eigenvalue weighted by Crippen LogP contribution is -2.29. The third-order valence-electron chi connectivity index (χ3n) is 3.14. The van der Waals surface area contributed by atoms with Gasteiger partial charge >= 0.3 is 0 Å². The number of benzene rings is 1. The first-order valence-electron chi connectivity index (χ1n) is 6.41. The van der Waals surface area contributed by atoms with Gasteiger partial charge in [-0.25, -0.2) is 9.67 Å². The van der Waals surface area contributed by atoms with E-state index in [2.05, 4.69) is 47.3 Å². The monoisotopic (exact) mass is 254 g/mol. The van der Waals surface area contributed by atoms with E-state index in [0.29, 0.717) is 0 Å². The average molecular weight is 254 g/mol. The molecule has 1 heterocycles. The van der Waals surface area contributed by atoms with E-state index in [4.69, 9.17) is 6.42 Å². The quantitative estimate of drug-likeness (QED) is 0.833. The first kappa shape index (κ1) is 13.3. The van der Waals surface area contributed by atoms with E-state index < -0.39 is 0 Å². The van der Waals surface area contributed by atoms with Crippen molar-refractivity contribution < 1.29 is 0 Å². The normalized spacial score (nSPS) is 13.7. The molecule has 1 N–H and O–H groups in total. The van der Waals surface area contributed by atoms with E-state index in [1.165, 1.54) is 11.9 Å². The first-order valence-corrected chi connectivity index (χ1v) is 6.41. The summed E-state index contributed by atoms with van der Waals surface area (Å²) in [4.78, 5) is 3.93. The van der Waals surface area contributed by atoms with Gasteiger partial charge in [0, 0.05) is 6.04 Å². The SMILES string of the molecule is C#CC(CC)NC(C)c1ccc(-n2cncn2)cc1. The van der Waals surface area contributed by atoms with E-state index in [9.17, 15) is 0 Å². The number of hydrogen-bond acceptors (Lipinski definition) is 3. The molecule has 0 bridgehead atoms. The second kappa shape index (κ2) is 6.17. The molecule has 0 amide bonds. The zero-order chi connectivity index (χ0) is 13.7. The van der Waals surface area contributed by atoms with E-state index >= 15 is 0 Å². The molecule has 1 aromatic heterocycles. The molecule has 0 saturated carbocycles. The fourth-order valence-electron chi connectivity index (χ4n) is 1.94. The molecule has 0 aliphatic rings. The summed E-state index contributed by atoms with van der Waals surface area (Å²) in [6.45, 7) is 4.20. The summed E-state index contributed by atoms with van der Waals surface area (Å²) in [7, 11) is 0. The Balaban J connectivity index is 2.08. The Morgan fingerprint density at radius 1 is 1.37 bits per heavy atom. The van der Waals surface area contributed by atoms with Crippen LogP contribution < -0.4 is 5.32 Å². The van der Waals surface area contributed by atoms with Crippen molar-refractivity contribution in [1.29, 1.82) is 0 Å². The number of terminal acetylenes is 1. The minimum Gasteiger partial charge on any atom is -0.297 e. The fourth-order valence-corrected chi connectivity index (χ4v) is 1.94. The Morgan fingerprint density at radius 2 is 2.11 bits per heavy atom. The molecule has 19 heavy (non-hydrogen) atoms. The summed E-state index contributed by atoms with van der Waals surface area (Å²) in [6.07, 6.45) is 9.60. The summed E-state index contributed by atoms with van der Waals surface area (Å²) in [5.74, 6) is 2.75. The minimum atomic E-state index is 0.116. The Morgan fingerprint density at radius 3 is 2.63 bits per heavy atom. The first-order chi connectivity index (χ1) is 9.24. The summed E-state index contributed by atoms with van der Waals surface area (Å²) in [5, 5.41) is 7.52. The summed E-state index contributed by atoms with van der Waals surface area (Å²) >= 11 is 0. The molecule has 2 atom stereocenters. The number of hydrogen-bond donors (Lipinski definition) is 1. The van der Waals surface area contributed by atoms with Crippen molar-refractivity contribution in [2.24, 2.45) is 0 Å². The van der Waals surface area contributed by atoms with Crippen molar-refractivity contribution in [2.75, 3.05) is 0 Å². The number of rotatable bonds is 5. The van der Waals surface area contributed by atoms with Crippen molar-refractivity contribution in [3.8, 4) is 18.0 Å². The second-order valence-corrected chi connectivity index (χ2v) is 4.45. The molecule has 2 unspecified atom stereocenters. The van der Waals surface area contributed by atoms with Crippen molar-refractivity contribution in [3.05, 3.63) is 42.5 Å². The zero-order valence-corrected chi connectivity index (χ0v) is 11.2. The Hall–Kier alpha value is -2.12. The molecular formula is C15H18N4. The molecule has 0 radical (unpaired) electrons. The van der Waals surface area contributed by atoms with Gasteiger partial charge in [-0.05, 0) is 31.0 Å². The van der Waals surface area contributed by atoms with Gasteiger partial charge in [0.1, 0.15) is 12.7 Å². The van der Waals surface area contributed by atoms with Crippen LogP contribution in [0.15, 0.2) is 36.9 Å². The lowest BCUT2D eigenvalue weighted by Gasteiger charge is -2.18. The number of aromatic nitrogens is 3. The highest BCUT2D eigenvalue weighted by Gasteiger charge is 2.09. The molecule has 4 heteroatoms. The van der Waals surface area contributed by atoms with Crippen LogP contribution in [0, 0.1) is 12.3 Å². The topological polar surface area (TPSA) is 42.7 Å². The molecule has 4 nitrogen and oxygen atoms in total. The van der Waals surface area contributed by atoms with Crippen LogP contribution in [0.4, 0.5) is 0 Å². The van der Waals surface area contributed by atoms with Gasteiger partial charge in [0.15, 0.2) is 0 Å². The Kier molecular flexibility index (Phi) is 4.32. The van der Waals surface area contributed by atoms with Gasteiger partial charge in [-0.2, -0.15) is 5.10 Å². The lowest BCUT2D eigenvalue weighted by atomic mass is 10.1. The van der Waals surface area contributed by atoms with Gasteiger partial charge in [-0.1, -0.05) is 25.0 Å². The van der Waals surface area contributed by atoms with Crippen LogP contribution in [0.3, 0.4) is 0 Å². The zero-order valence-electron chi connectivity index (χ0n) is 11.2. The second-order valence-electron chi connectivity index (χ2n) is 4.45. The Bertz CT molecular complexity index is 537. The summed E-state index contributed by atoms with van der Waals surface area (Å²) in [6, 6.07) is 8.56. The molecule has 2 aromatic rings. The predicted octanol–water partition coefficient (Wildman–Crippen LogP) is 2.33. The molecule has 0 fully saturated rings. The van der Waals surface area contributed by atoms with Crippen LogP contribution in [0.5, 0.6) is 0 Å². The van der Waals surface area contributed by atoms with Crippen LogP contribution in [0.25, 0.3) is 5.69 Å². The molecule has 2 rings (SSSR count). The maximum Gasteiger partial charge on any atom is 0.138 e. The molecule has 0 saturated heterocycles. The minimum absolute atomic E-state index is 0.116. The predicted molar refractivity (Wildman–Crippen MR) is 75.8 cm³/mol. The van der Waals surface area contributed by atoms with Gasteiger partial charge in [0.2, 0.25) is 0 Å². The summed E-state index contributed by atoms with van der Waals surface area (Å²) < 4.78 is 1.73. The van der Waals surface area contributed by atoms with Crippen LogP contribution in [-0.4, -0.2) is 20.8 Å². The van der Waals surface area contributed by atoms with Crippen molar-refractivity contribution >= 4 is 0 Å². The molecule has 0 aliphatic carbocycles. The highest BCUT2D eigenvalue weighted by molar-refractivity contribution is 5.34.